The number of carboxylic acids is 1. The van der Waals surface area contributed by atoms with Crippen LogP contribution < -0.4 is 14.8 Å². The van der Waals surface area contributed by atoms with Gasteiger partial charge in [-0.25, -0.2) is 9.79 Å². The third-order valence-corrected chi connectivity index (χ3v) is 11.6. The lowest BCUT2D eigenvalue weighted by Crippen LogP contribution is -2.83. The molecule has 1 unspecified atom stereocenters. The average molecular weight is 737 g/mol. The standard InChI is InChI=1S/C32H37N3O11S3/c1-32(2)25-15-21(34(3)4)8-10-23(25)30(33-27(31(36)37)11-13-47(38,39)40)24-14-19-6-5-12-35(28(19)17-26(24)32)18-20-7-9-22(48(41,42)43)16-29(20)49(44,45)46/h7-10,14-17,27H,5-6,11-13,18H2,1-4H3,(H,36,37)(H,38,39,40)(H,41,42,43)(H,44,45,46)/p+1. The summed E-state index contributed by atoms with van der Waals surface area (Å²) in [5.74, 6) is -2.06. The van der Waals surface area contributed by atoms with Crippen LogP contribution in [0.25, 0.3) is 0 Å². The first-order valence-corrected chi connectivity index (χ1v) is 19.7. The maximum atomic E-state index is 12.3. The molecule has 1 heterocycles. The van der Waals surface area contributed by atoms with Gasteiger partial charge in [-0.1, -0.05) is 19.9 Å². The van der Waals surface area contributed by atoms with Gasteiger partial charge in [0.25, 0.3) is 30.4 Å². The van der Waals surface area contributed by atoms with E-state index in [1.54, 1.807) is 0 Å². The van der Waals surface area contributed by atoms with E-state index in [9.17, 15) is 48.8 Å². The zero-order valence-electron chi connectivity index (χ0n) is 27.2. The predicted octanol–water partition coefficient (Wildman–Crippen LogP) is 1.49. The topological polar surface area (TPSA) is 221 Å². The molecule has 1 aliphatic carbocycles. The lowest BCUT2D eigenvalue weighted by atomic mass is 9.67. The van der Waals surface area contributed by atoms with Crippen molar-refractivity contribution in [2.45, 2.75) is 60.9 Å². The third-order valence-electron chi connectivity index (χ3n) is 9.10. The fourth-order valence-corrected chi connectivity index (χ4v) is 8.41. The molecule has 3 aromatic rings. The minimum Gasteiger partial charge on any atom is -0.476 e. The van der Waals surface area contributed by atoms with Gasteiger partial charge in [0.2, 0.25) is 11.8 Å². The van der Waals surface area contributed by atoms with Crippen LogP contribution in [0, 0.1) is 0 Å². The summed E-state index contributed by atoms with van der Waals surface area (Å²) >= 11 is 0. The molecule has 5 N–H and O–H groups in total. The molecule has 0 radical (unpaired) electrons. The second-order valence-electron chi connectivity index (χ2n) is 13.0. The Labute approximate surface area is 285 Å². The Hall–Kier alpha value is -3.87. The number of hydrogen-bond acceptors (Lipinski definition) is 9. The van der Waals surface area contributed by atoms with Gasteiger partial charge in [-0.2, -0.15) is 25.3 Å². The van der Waals surface area contributed by atoms with E-state index in [2.05, 4.69) is 4.99 Å². The summed E-state index contributed by atoms with van der Waals surface area (Å²) in [6, 6.07) is 11.3. The molecule has 0 saturated carbocycles. The summed E-state index contributed by atoms with van der Waals surface area (Å²) in [6.45, 7) is 4.51. The Morgan fingerprint density at radius 2 is 1.59 bits per heavy atom. The van der Waals surface area contributed by atoms with E-state index in [0.717, 1.165) is 39.7 Å². The highest BCUT2D eigenvalue weighted by Gasteiger charge is 2.41. The molecular formula is C32H38N3O11S3+. The van der Waals surface area contributed by atoms with Gasteiger partial charge in [-0.15, -0.1) is 0 Å². The van der Waals surface area contributed by atoms with Crippen LogP contribution in [0.3, 0.4) is 0 Å². The first-order valence-electron chi connectivity index (χ1n) is 15.2. The van der Waals surface area contributed by atoms with E-state index in [1.807, 2.05) is 68.1 Å². The van der Waals surface area contributed by atoms with Crippen LogP contribution in [0.4, 0.5) is 11.4 Å². The van der Waals surface area contributed by atoms with E-state index in [0.29, 0.717) is 36.7 Å². The van der Waals surface area contributed by atoms with E-state index in [-0.39, 0.29) is 12.1 Å². The maximum Gasteiger partial charge on any atom is 0.372 e. The molecule has 2 aliphatic rings. The number of anilines is 2. The van der Waals surface area contributed by atoms with Crippen LogP contribution in [0.2, 0.25) is 0 Å². The minimum absolute atomic E-state index is 0.0278. The van der Waals surface area contributed by atoms with Crippen molar-refractivity contribution in [3.05, 3.63) is 81.9 Å². The molecule has 14 nitrogen and oxygen atoms in total. The van der Waals surface area contributed by atoms with Gasteiger partial charge in [0, 0.05) is 50.4 Å². The summed E-state index contributed by atoms with van der Waals surface area (Å²) < 4.78 is 99.9. The van der Waals surface area contributed by atoms with E-state index in [1.165, 1.54) is 6.07 Å². The van der Waals surface area contributed by atoms with E-state index >= 15 is 0 Å². The van der Waals surface area contributed by atoms with Gasteiger partial charge < -0.3 is 14.9 Å². The monoisotopic (exact) mass is 736 g/mol. The second kappa shape index (κ2) is 12.8. The predicted molar refractivity (Wildman–Crippen MR) is 181 cm³/mol. The Balaban J connectivity index is 1.70. The number of fused-ring (bicyclic) bond motifs is 3. The van der Waals surface area contributed by atoms with Crippen molar-refractivity contribution in [3.63, 3.8) is 0 Å². The molecule has 0 fully saturated rings. The molecule has 0 spiro atoms. The largest absolute Gasteiger partial charge is 0.476 e. The maximum absolute atomic E-state index is 12.3. The fourth-order valence-electron chi connectivity index (χ4n) is 6.56. The van der Waals surface area contributed by atoms with Crippen molar-refractivity contribution in [1.82, 2.24) is 0 Å². The zero-order chi connectivity index (χ0) is 36.3. The molecule has 0 bridgehead atoms. The van der Waals surface area contributed by atoms with E-state index in [4.69, 9.17) is 0 Å². The van der Waals surface area contributed by atoms with Crippen molar-refractivity contribution in [3.8, 4) is 0 Å². The number of nitrogens with zero attached hydrogens (tertiary/aromatic N) is 2. The lowest BCUT2D eigenvalue weighted by Gasteiger charge is -2.38. The molecule has 1 aliphatic heterocycles. The first-order chi connectivity index (χ1) is 22.6. The van der Waals surface area contributed by atoms with Crippen molar-refractivity contribution in [1.29, 1.82) is 0 Å². The molecule has 1 atom stereocenters. The SMILES string of the molecule is CN(C)c1ccc2c(c1)C(C)(C)c1cc3c(cc1C2=[NH+]C(CCS(=O)(=O)O)C(=O)O)CCCN3Cc1ccc(S(=O)(=O)O)cc1S(=O)(=O)O. The van der Waals surface area contributed by atoms with Crippen LogP contribution in [0.5, 0.6) is 0 Å². The van der Waals surface area contributed by atoms with E-state index < -0.39 is 69.7 Å². The van der Waals surface area contributed by atoms with Gasteiger partial charge in [-0.3, -0.25) is 13.7 Å². The van der Waals surface area contributed by atoms with Crippen LogP contribution in [0.15, 0.2) is 58.3 Å². The average Bonchev–Trinajstić information content (AvgIpc) is 2.98. The van der Waals surface area contributed by atoms with Crippen molar-refractivity contribution in [2.24, 2.45) is 0 Å². The quantitative estimate of drug-likeness (QED) is 0.187. The Morgan fingerprint density at radius 1 is 0.918 bits per heavy atom. The van der Waals surface area contributed by atoms with Crippen molar-refractivity contribution in [2.75, 3.05) is 36.2 Å². The number of nitrogens with one attached hydrogen (secondary N) is 1. The highest BCUT2D eigenvalue weighted by Crippen LogP contribution is 2.45. The normalized spacial score (nSPS) is 17.2. The lowest BCUT2D eigenvalue weighted by molar-refractivity contribution is -0.489. The molecule has 0 amide bonds. The Kier molecular flexibility index (Phi) is 9.50. The molecule has 0 saturated heterocycles. The third kappa shape index (κ3) is 7.51. The number of benzene rings is 3. The van der Waals surface area contributed by atoms with Crippen molar-refractivity contribution < 1.29 is 53.8 Å². The van der Waals surface area contributed by atoms with Crippen LogP contribution in [-0.4, -0.2) is 88.1 Å². The molecule has 264 valence electrons. The van der Waals surface area contributed by atoms with Gasteiger partial charge in [0.05, 0.1) is 21.8 Å². The molecule has 3 aromatic carbocycles. The number of aliphatic carboxylic acids is 1. The minimum atomic E-state index is -4.88. The zero-order valence-corrected chi connectivity index (χ0v) is 29.7. The number of aryl methyl sites for hydroxylation is 1. The van der Waals surface area contributed by atoms with Crippen LogP contribution in [0.1, 0.15) is 60.1 Å². The number of rotatable bonds is 10. The first kappa shape index (κ1) is 36.4. The van der Waals surface area contributed by atoms with Crippen molar-refractivity contribution >= 4 is 53.4 Å². The molecule has 5 rings (SSSR count). The van der Waals surface area contributed by atoms with Crippen LogP contribution >= 0.6 is 0 Å². The van der Waals surface area contributed by atoms with Gasteiger partial charge in [0.15, 0.2) is 0 Å². The molecule has 0 aromatic heterocycles. The van der Waals surface area contributed by atoms with Gasteiger partial charge in [-0.05, 0) is 77.6 Å². The second-order valence-corrected chi connectivity index (χ2v) is 17.4. The summed E-state index contributed by atoms with van der Waals surface area (Å²) in [5.41, 5.74) is 5.54. The smallest absolute Gasteiger partial charge is 0.372 e. The highest BCUT2D eigenvalue weighted by atomic mass is 32.2. The summed E-state index contributed by atoms with van der Waals surface area (Å²) in [7, 11) is -10.3. The summed E-state index contributed by atoms with van der Waals surface area (Å²) in [6.07, 6.45) is 0.876. The molecule has 49 heavy (non-hydrogen) atoms. The highest BCUT2D eigenvalue weighted by molar-refractivity contribution is 7.86. The number of hydrogen-bond donors (Lipinski definition) is 5. The summed E-state index contributed by atoms with van der Waals surface area (Å²) in [4.78, 5) is 17.9. The molecular weight excluding hydrogens is 699 g/mol. The Morgan fingerprint density at radius 3 is 2.18 bits per heavy atom. The summed E-state index contributed by atoms with van der Waals surface area (Å²) in [5, 5.41) is 10.1. The van der Waals surface area contributed by atoms with Crippen LogP contribution in [-0.2, 0) is 53.5 Å². The number of carbonyl (C=O) groups is 1. The van der Waals surface area contributed by atoms with Gasteiger partial charge in [0.1, 0.15) is 4.90 Å². The number of carboxylic acid groups (broad SMARTS) is 1. The fraction of sp³-hybridized carbons (Fsp3) is 0.375. The Bertz CT molecular complexity index is 2210. The van der Waals surface area contributed by atoms with Gasteiger partial charge >= 0.3 is 5.97 Å². The molecule has 17 heteroatoms.